The molecular weight excluding hydrogens is 208 g/mol. The van der Waals surface area contributed by atoms with Crippen LogP contribution in [-0.4, -0.2) is 40.8 Å². The largest absolute Gasteiger partial charge is 0.447 e. The van der Waals surface area contributed by atoms with Crippen LogP contribution in [0.15, 0.2) is 18.3 Å². The fourth-order valence-corrected chi connectivity index (χ4v) is 2.08. The molecule has 88 valence electrons. The lowest BCUT2D eigenvalue weighted by Gasteiger charge is -2.23. The standard InChI is InChI=1S/C11H16N2O3/c14-7-8-16-11(15)13-6-2-4-10(13)9-3-1-5-12-9/h1,3,5,10,12,14H,2,4,6-8H2. The molecule has 0 radical (unpaired) electrons. The molecule has 2 rings (SSSR count). The Morgan fingerprint density at radius 1 is 1.69 bits per heavy atom. The van der Waals surface area contributed by atoms with Gasteiger partial charge in [-0.15, -0.1) is 0 Å². The number of nitrogens with one attached hydrogen (secondary N) is 1. The molecule has 1 saturated heterocycles. The molecule has 1 unspecified atom stereocenters. The van der Waals surface area contributed by atoms with Crippen molar-refractivity contribution in [2.75, 3.05) is 19.8 Å². The molecule has 1 aromatic rings. The molecule has 1 atom stereocenters. The molecule has 0 saturated carbocycles. The van der Waals surface area contributed by atoms with Gasteiger partial charge in [0, 0.05) is 18.4 Å². The monoisotopic (exact) mass is 224 g/mol. The molecule has 0 bridgehead atoms. The van der Waals surface area contributed by atoms with E-state index in [-0.39, 0.29) is 25.3 Å². The lowest BCUT2D eigenvalue weighted by atomic mass is 10.1. The zero-order valence-corrected chi connectivity index (χ0v) is 9.06. The summed E-state index contributed by atoms with van der Waals surface area (Å²) in [6.07, 6.45) is 3.45. The van der Waals surface area contributed by atoms with Gasteiger partial charge >= 0.3 is 6.09 Å². The van der Waals surface area contributed by atoms with Gasteiger partial charge in [-0.3, -0.25) is 4.90 Å². The number of hydrogen-bond acceptors (Lipinski definition) is 3. The van der Waals surface area contributed by atoms with Crippen LogP contribution in [0.4, 0.5) is 4.79 Å². The summed E-state index contributed by atoms with van der Waals surface area (Å²) >= 11 is 0. The fraction of sp³-hybridized carbons (Fsp3) is 0.545. The van der Waals surface area contributed by atoms with E-state index in [4.69, 9.17) is 9.84 Å². The summed E-state index contributed by atoms with van der Waals surface area (Å²) in [7, 11) is 0. The fourth-order valence-electron chi connectivity index (χ4n) is 2.08. The number of aliphatic hydroxyl groups excluding tert-OH is 1. The summed E-state index contributed by atoms with van der Waals surface area (Å²) in [5.41, 5.74) is 1.04. The van der Waals surface area contributed by atoms with Crippen LogP contribution >= 0.6 is 0 Å². The van der Waals surface area contributed by atoms with Crippen molar-refractivity contribution in [3.63, 3.8) is 0 Å². The number of amides is 1. The lowest BCUT2D eigenvalue weighted by molar-refractivity contribution is 0.0803. The van der Waals surface area contributed by atoms with Gasteiger partial charge in [-0.1, -0.05) is 0 Å². The topological polar surface area (TPSA) is 65.6 Å². The van der Waals surface area contributed by atoms with Crippen LogP contribution in [0.25, 0.3) is 0 Å². The average Bonchev–Trinajstić information content (AvgIpc) is 2.94. The van der Waals surface area contributed by atoms with Crippen LogP contribution in [0, 0.1) is 0 Å². The van der Waals surface area contributed by atoms with E-state index < -0.39 is 0 Å². The Morgan fingerprint density at radius 3 is 3.25 bits per heavy atom. The van der Waals surface area contributed by atoms with Gasteiger partial charge < -0.3 is 14.8 Å². The molecule has 1 aromatic heterocycles. The Labute approximate surface area is 94.0 Å². The van der Waals surface area contributed by atoms with Crippen LogP contribution in [0.3, 0.4) is 0 Å². The van der Waals surface area contributed by atoms with Crippen LogP contribution in [0.5, 0.6) is 0 Å². The lowest BCUT2D eigenvalue weighted by Crippen LogP contribution is -2.31. The molecule has 2 heterocycles. The van der Waals surface area contributed by atoms with E-state index in [1.165, 1.54) is 0 Å². The highest BCUT2D eigenvalue weighted by atomic mass is 16.6. The number of rotatable bonds is 3. The molecule has 1 aliphatic rings. The quantitative estimate of drug-likeness (QED) is 0.812. The van der Waals surface area contributed by atoms with E-state index in [9.17, 15) is 4.79 Å². The van der Waals surface area contributed by atoms with Crippen molar-refractivity contribution in [2.45, 2.75) is 18.9 Å². The van der Waals surface area contributed by atoms with Crippen molar-refractivity contribution >= 4 is 6.09 Å². The van der Waals surface area contributed by atoms with Crippen LogP contribution in [-0.2, 0) is 4.74 Å². The third-order valence-electron chi connectivity index (χ3n) is 2.79. The Morgan fingerprint density at radius 2 is 2.56 bits per heavy atom. The number of nitrogens with zero attached hydrogens (tertiary/aromatic N) is 1. The molecule has 0 aromatic carbocycles. The molecular formula is C11H16N2O3. The van der Waals surface area contributed by atoms with E-state index in [0.29, 0.717) is 6.54 Å². The van der Waals surface area contributed by atoms with Crippen LogP contribution < -0.4 is 0 Å². The number of likely N-dealkylation sites (tertiary alicyclic amines) is 1. The first-order valence-electron chi connectivity index (χ1n) is 5.50. The third kappa shape index (κ3) is 2.19. The van der Waals surface area contributed by atoms with Gasteiger partial charge in [0.25, 0.3) is 0 Å². The summed E-state index contributed by atoms with van der Waals surface area (Å²) in [6.45, 7) is 0.646. The Bertz CT molecular complexity index is 337. The average molecular weight is 224 g/mol. The van der Waals surface area contributed by atoms with Gasteiger partial charge in [-0.25, -0.2) is 4.79 Å². The molecule has 16 heavy (non-hydrogen) atoms. The second-order valence-corrected chi connectivity index (χ2v) is 3.81. The van der Waals surface area contributed by atoms with E-state index in [2.05, 4.69) is 4.98 Å². The molecule has 1 fully saturated rings. The van der Waals surface area contributed by atoms with Gasteiger partial charge in [0.05, 0.1) is 12.6 Å². The molecule has 5 nitrogen and oxygen atoms in total. The second-order valence-electron chi connectivity index (χ2n) is 3.81. The highest BCUT2D eigenvalue weighted by Crippen LogP contribution is 2.31. The van der Waals surface area contributed by atoms with Crippen molar-refractivity contribution in [2.24, 2.45) is 0 Å². The highest BCUT2D eigenvalue weighted by molar-refractivity contribution is 5.68. The first kappa shape index (κ1) is 11.0. The Hall–Kier alpha value is -1.49. The number of aromatic amines is 1. The van der Waals surface area contributed by atoms with Gasteiger partial charge in [0.15, 0.2) is 0 Å². The Kier molecular flexibility index (Phi) is 3.46. The maximum Gasteiger partial charge on any atom is 0.410 e. The minimum atomic E-state index is -0.342. The smallest absolute Gasteiger partial charge is 0.410 e. The SMILES string of the molecule is O=C(OCCO)N1CCCC1c1ccc[nH]1. The summed E-state index contributed by atoms with van der Waals surface area (Å²) in [5, 5.41) is 8.61. The van der Waals surface area contributed by atoms with Gasteiger partial charge in [-0.05, 0) is 25.0 Å². The molecule has 5 heteroatoms. The second kappa shape index (κ2) is 5.03. The van der Waals surface area contributed by atoms with E-state index >= 15 is 0 Å². The first-order valence-corrected chi connectivity index (χ1v) is 5.50. The Balaban J connectivity index is 2.01. The summed E-state index contributed by atoms with van der Waals surface area (Å²) in [5.74, 6) is 0. The predicted octanol–water partition coefficient (Wildman–Crippen LogP) is 1.28. The molecule has 2 N–H and O–H groups in total. The predicted molar refractivity (Wildman–Crippen MR) is 57.9 cm³/mol. The number of aromatic nitrogens is 1. The van der Waals surface area contributed by atoms with Gasteiger partial charge in [0.1, 0.15) is 6.61 Å². The maximum atomic E-state index is 11.7. The van der Waals surface area contributed by atoms with E-state index in [1.54, 1.807) is 4.90 Å². The third-order valence-corrected chi connectivity index (χ3v) is 2.79. The normalized spacial score (nSPS) is 20.1. The first-order chi connectivity index (χ1) is 7.83. The van der Waals surface area contributed by atoms with Crippen molar-refractivity contribution in [1.29, 1.82) is 0 Å². The number of aliphatic hydroxyl groups is 1. The molecule has 1 aliphatic heterocycles. The number of ether oxygens (including phenoxy) is 1. The van der Waals surface area contributed by atoms with Crippen molar-refractivity contribution in [3.8, 4) is 0 Å². The summed E-state index contributed by atoms with van der Waals surface area (Å²) in [4.78, 5) is 16.5. The molecule has 0 aliphatic carbocycles. The van der Waals surface area contributed by atoms with E-state index in [1.807, 2.05) is 18.3 Å². The van der Waals surface area contributed by atoms with Crippen molar-refractivity contribution < 1.29 is 14.6 Å². The molecule has 0 spiro atoms. The molecule has 1 amide bonds. The zero-order valence-electron chi connectivity index (χ0n) is 9.06. The number of carbonyl (C=O) groups is 1. The van der Waals surface area contributed by atoms with Gasteiger partial charge in [-0.2, -0.15) is 0 Å². The van der Waals surface area contributed by atoms with Crippen molar-refractivity contribution in [1.82, 2.24) is 9.88 Å². The zero-order chi connectivity index (χ0) is 11.4. The number of hydrogen-bond donors (Lipinski definition) is 2. The number of carbonyl (C=O) groups excluding carboxylic acids is 1. The van der Waals surface area contributed by atoms with Crippen LogP contribution in [0.1, 0.15) is 24.6 Å². The maximum absolute atomic E-state index is 11.7. The summed E-state index contributed by atoms with van der Waals surface area (Å²) < 4.78 is 4.93. The number of H-pyrrole nitrogens is 1. The van der Waals surface area contributed by atoms with Crippen molar-refractivity contribution in [3.05, 3.63) is 24.0 Å². The minimum Gasteiger partial charge on any atom is -0.447 e. The summed E-state index contributed by atoms with van der Waals surface area (Å²) in [6, 6.07) is 3.98. The minimum absolute atomic E-state index is 0.0623. The van der Waals surface area contributed by atoms with Crippen LogP contribution in [0.2, 0.25) is 0 Å². The highest BCUT2D eigenvalue weighted by Gasteiger charge is 2.31. The van der Waals surface area contributed by atoms with Gasteiger partial charge in [0.2, 0.25) is 0 Å². The van der Waals surface area contributed by atoms with E-state index in [0.717, 1.165) is 18.5 Å².